The van der Waals surface area contributed by atoms with Gasteiger partial charge in [-0.15, -0.1) is 0 Å². The minimum absolute atomic E-state index is 0.0692. The SMILES string of the molecule is CNS(=O)(=O)c1ccc2c(c1)C(=Cc1ccccc1C#N)C(=O)N2. The number of fused-ring (bicyclic) bond motifs is 1. The van der Waals surface area contributed by atoms with Crippen LogP contribution in [0.15, 0.2) is 47.4 Å². The Morgan fingerprint density at radius 1 is 1.21 bits per heavy atom. The summed E-state index contributed by atoms with van der Waals surface area (Å²) in [5.41, 5.74) is 2.38. The summed E-state index contributed by atoms with van der Waals surface area (Å²) in [7, 11) is -2.29. The molecule has 1 amide bonds. The van der Waals surface area contributed by atoms with Gasteiger partial charge in [-0.1, -0.05) is 18.2 Å². The number of carbonyl (C=O) groups excluding carboxylic acids is 1. The molecule has 120 valence electrons. The van der Waals surface area contributed by atoms with Gasteiger partial charge >= 0.3 is 0 Å². The zero-order chi connectivity index (χ0) is 17.3. The molecule has 0 unspecified atom stereocenters. The molecule has 2 aromatic carbocycles. The molecule has 7 heteroatoms. The molecule has 0 saturated heterocycles. The third kappa shape index (κ3) is 2.69. The predicted molar refractivity (Wildman–Crippen MR) is 90.3 cm³/mol. The van der Waals surface area contributed by atoms with Crippen molar-refractivity contribution < 1.29 is 13.2 Å². The maximum absolute atomic E-state index is 12.2. The van der Waals surface area contributed by atoms with E-state index in [1.54, 1.807) is 36.4 Å². The summed E-state index contributed by atoms with van der Waals surface area (Å²) < 4.78 is 26.2. The van der Waals surface area contributed by atoms with E-state index in [2.05, 4.69) is 16.1 Å². The summed E-state index contributed by atoms with van der Waals surface area (Å²) in [5, 5.41) is 11.9. The van der Waals surface area contributed by atoms with Crippen molar-refractivity contribution in [1.29, 1.82) is 5.26 Å². The molecule has 0 fully saturated rings. The molecule has 24 heavy (non-hydrogen) atoms. The van der Waals surface area contributed by atoms with E-state index < -0.39 is 10.0 Å². The molecule has 0 saturated carbocycles. The van der Waals surface area contributed by atoms with Gasteiger partial charge in [0.25, 0.3) is 5.91 Å². The normalized spacial score (nSPS) is 15.0. The van der Waals surface area contributed by atoms with Crippen molar-refractivity contribution in [3.05, 3.63) is 59.2 Å². The fourth-order valence-corrected chi connectivity index (χ4v) is 3.23. The summed E-state index contributed by atoms with van der Waals surface area (Å²) in [5.74, 6) is -0.336. The number of carbonyl (C=O) groups is 1. The van der Waals surface area contributed by atoms with E-state index in [4.69, 9.17) is 5.26 Å². The minimum atomic E-state index is -3.61. The zero-order valence-electron chi connectivity index (χ0n) is 12.7. The number of nitriles is 1. The molecule has 3 rings (SSSR count). The molecule has 0 aliphatic carbocycles. The average molecular weight is 339 g/mol. The highest BCUT2D eigenvalue weighted by atomic mass is 32.2. The number of anilines is 1. The number of amides is 1. The second-order valence-corrected chi connectivity index (χ2v) is 7.01. The first-order valence-electron chi connectivity index (χ1n) is 7.06. The lowest BCUT2D eigenvalue weighted by atomic mass is 10.0. The number of nitrogens with one attached hydrogen (secondary N) is 2. The van der Waals surface area contributed by atoms with Crippen molar-refractivity contribution in [1.82, 2.24) is 4.72 Å². The van der Waals surface area contributed by atoms with Crippen LogP contribution in [0.5, 0.6) is 0 Å². The number of rotatable bonds is 3. The smallest absolute Gasteiger partial charge is 0.256 e. The summed E-state index contributed by atoms with van der Waals surface area (Å²) in [4.78, 5) is 12.3. The maximum atomic E-state index is 12.2. The van der Waals surface area contributed by atoms with Gasteiger partial charge in [0.1, 0.15) is 0 Å². The number of sulfonamides is 1. The molecule has 0 bridgehead atoms. The van der Waals surface area contributed by atoms with E-state index in [1.807, 2.05) is 0 Å². The Bertz CT molecular complexity index is 1020. The predicted octanol–water partition coefficient (Wildman–Crippen LogP) is 1.96. The molecule has 0 aromatic heterocycles. The van der Waals surface area contributed by atoms with Crippen molar-refractivity contribution in [2.75, 3.05) is 12.4 Å². The summed E-state index contributed by atoms with van der Waals surface area (Å²) in [6.45, 7) is 0. The maximum Gasteiger partial charge on any atom is 0.256 e. The van der Waals surface area contributed by atoms with Gasteiger partial charge < -0.3 is 5.32 Å². The third-order valence-electron chi connectivity index (χ3n) is 3.73. The van der Waals surface area contributed by atoms with E-state index in [0.717, 1.165) is 0 Å². The van der Waals surface area contributed by atoms with Gasteiger partial charge in [-0.25, -0.2) is 13.1 Å². The van der Waals surface area contributed by atoms with Crippen LogP contribution in [0.3, 0.4) is 0 Å². The number of benzene rings is 2. The van der Waals surface area contributed by atoms with E-state index in [0.29, 0.717) is 28.0 Å². The number of hydrogen-bond donors (Lipinski definition) is 2. The van der Waals surface area contributed by atoms with Gasteiger partial charge in [-0.05, 0) is 43.0 Å². The fourth-order valence-electron chi connectivity index (χ4n) is 2.48. The first-order valence-corrected chi connectivity index (χ1v) is 8.55. The van der Waals surface area contributed by atoms with Crippen LogP contribution in [0.1, 0.15) is 16.7 Å². The lowest BCUT2D eigenvalue weighted by molar-refractivity contribution is -0.110. The highest BCUT2D eigenvalue weighted by Crippen LogP contribution is 2.35. The summed E-state index contributed by atoms with van der Waals surface area (Å²) >= 11 is 0. The van der Waals surface area contributed by atoms with Crippen LogP contribution in [-0.2, 0) is 14.8 Å². The molecule has 2 N–H and O–H groups in total. The van der Waals surface area contributed by atoms with Gasteiger partial charge in [-0.2, -0.15) is 5.26 Å². The van der Waals surface area contributed by atoms with Gasteiger partial charge in [0.05, 0.1) is 16.5 Å². The third-order valence-corrected chi connectivity index (χ3v) is 5.15. The monoisotopic (exact) mass is 339 g/mol. The zero-order valence-corrected chi connectivity index (χ0v) is 13.5. The Labute approximate surface area is 139 Å². The van der Waals surface area contributed by atoms with E-state index >= 15 is 0 Å². The molecule has 0 atom stereocenters. The van der Waals surface area contributed by atoms with Crippen molar-refractivity contribution in [3.63, 3.8) is 0 Å². The Morgan fingerprint density at radius 3 is 2.67 bits per heavy atom. The number of hydrogen-bond acceptors (Lipinski definition) is 4. The molecule has 0 spiro atoms. The Hall–Kier alpha value is -2.95. The largest absolute Gasteiger partial charge is 0.321 e. The minimum Gasteiger partial charge on any atom is -0.321 e. The molecule has 6 nitrogen and oxygen atoms in total. The van der Waals surface area contributed by atoms with Crippen molar-refractivity contribution >= 4 is 33.3 Å². The van der Waals surface area contributed by atoms with Gasteiger partial charge in [0.15, 0.2) is 0 Å². The van der Waals surface area contributed by atoms with Crippen LogP contribution in [0.25, 0.3) is 11.6 Å². The molecule has 0 radical (unpaired) electrons. The topological polar surface area (TPSA) is 99.1 Å². The quantitative estimate of drug-likeness (QED) is 0.835. The van der Waals surface area contributed by atoms with E-state index in [-0.39, 0.29) is 10.8 Å². The van der Waals surface area contributed by atoms with Gasteiger partial charge in [0, 0.05) is 16.8 Å². The Morgan fingerprint density at radius 2 is 1.96 bits per heavy atom. The van der Waals surface area contributed by atoms with Gasteiger partial charge in [0.2, 0.25) is 10.0 Å². The summed E-state index contributed by atoms with van der Waals surface area (Å²) in [6, 6.07) is 13.4. The lowest BCUT2D eigenvalue weighted by Crippen LogP contribution is -2.18. The molecule has 2 aromatic rings. The molecule has 1 aliphatic rings. The van der Waals surface area contributed by atoms with Crippen LogP contribution in [0, 0.1) is 11.3 Å². The standard InChI is InChI=1S/C17H13N3O3S/c1-19-24(22,23)13-6-7-16-14(9-13)15(17(21)20-16)8-11-4-2-3-5-12(11)10-18/h2-9,19H,1H3,(H,20,21). The summed E-state index contributed by atoms with van der Waals surface area (Å²) in [6.07, 6.45) is 1.59. The highest BCUT2D eigenvalue weighted by molar-refractivity contribution is 7.89. The van der Waals surface area contributed by atoms with Gasteiger partial charge in [-0.3, -0.25) is 4.79 Å². The Kier molecular flexibility index (Phi) is 3.93. The fraction of sp³-hybridized carbons (Fsp3) is 0.0588. The average Bonchev–Trinajstić information content (AvgIpc) is 2.90. The van der Waals surface area contributed by atoms with E-state index in [9.17, 15) is 13.2 Å². The van der Waals surface area contributed by atoms with Crippen molar-refractivity contribution in [2.45, 2.75) is 4.90 Å². The molecular weight excluding hydrogens is 326 g/mol. The van der Waals surface area contributed by atoms with Crippen LogP contribution in [-0.4, -0.2) is 21.4 Å². The molecule has 1 heterocycles. The second kappa shape index (κ2) is 5.92. The van der Waals surface area contributed by atoms with Crippen LogP contribution >= 0.6 is 0 Å². The molecular formula is C17H13N3O3S. The lowest BCUT2D eigenvalue weighted by Gasteiger charge is -2.05. The van der Waals surface area contributed by atoms with Crippen LogP contribution < -0.4 is 10.0 Å². The highest BCUT2D eigenvalue weighted by Gasteiger charge is 2.26. The van der Waals surface area contributed by atoms with Crippen molar-refractivity contribution in [3.8, 4) is 6.07 Å². The number of nitrogens with zero attached hydrogens (tertiary/aromatic N) is 1. The van der Waals surface area contributed by atoms with Crippen molar-refractivity contribution in [2.24, 2.45) is 0 Å². The first-order chi connectivity index (χ1) is 11.5. The first kappa shape index (κ1) is 15.9. The van der Waals surface area contributed by atoms with Crippen LogP contribution in [0.4, 0.5) is 5.69 Å². The Balaban J connectivity index is 2.17. The second-order valence-electron chi connectivity index (χ2n) is 5.13. The van der Waals surface area contributed by atoms with Crippen LogP contribution in [0.2, 0.25) is 0 Å². The molecule has 1 aliphatic heterocycles. The van der Waals surface area contributed by atoms with E-state index in [1.165, 1.54) is 19.2 Å².